The first-order chi connectivity index (χ1) is 10.2. The predicted octanol–water partition coefficient (Wildman–Crippen LogP) is 1.87. The molecule has 0 spiro atoms. The second-order valence-electron chi connectivity index (χ2n) is 6.39. The summed E-state index contributed by atoms with van der Waals surface area (Å²) in [6, 6.07) is 9.44. The van der Waals surface area contributed by atoms with Crippen LogP contribution in [0.1, 0.15) is 30.4 Å². The molecule has 0 amide bonds. The van der Waals surface area contributed by atoms with E-state index in [1.807, 2.05) is 12.1 Å². The minimum Gasteiger partial charge on any atom is -0.369 e. The van der Waals surface area contributed by atoms with Crippen LogP contribution in [0.25, 0.3) is 0 Å². The Morgan fingerprint density at radius 1 is 1.19 bits per heavy atom. The third-order valence-electron chi connectivity index (χ3n) is 4.87. The molecule has 2 aliphatic rings. The number of nitriles is 1. The van der Waals surface area contributed by atoms with Gasteiger partial charge in [0.25, 0.3) is 0 Å². The number of nitrogens with zero attached hydrogens (tertiary/aromatic N) is 3. The molecule has 0 radical (unpaired) electrons. The van der Waals surface area contributed by atoms with Gasteiger partial charge in [-0.1, -0.05) is 6.07 Å². The van der Waals surface area contributed by atoms with Gasteiger partial charge >= 0.3 is 0 Å². The standard InChI is InChI=1S/C17H24N4/c1-13-2-3-14(11-18)17(10-13)21-9-6-16(12-21)20-7-4-15(19)5-8-20/h2-3,10,15-16H,4-9,12,19H2,1H3. The smallest absolute Gasteiger partial charge is 0.101 e. The highest BCUT2D eigenvalue weighted by molar-refractivity contribution is 5.61. The van der Waals surface area contributed by atoms with E-state index in [9.17, 15) is 5.26 Å². The summed E-state index contributed by atoms with van der Waals surface area (Å²) in [5.41, 5.74) is 9.11. The molecule has 1 atom stereocenters. The Balaban J connectivity index is 1.70. The molecule has 2 saturated heterocycles. The van der Waals surface area contributed by atoms with Crippen LogP contribution in [0.4, 0.5) is 5.69 Å². The molecule has 2 fully saturated rings. The number of rotatable bonds is 2. The predicted molar refractivity (Wildman–Crippen MR) is 85.3 cm³/mol. The van der Waals surface area contributed by atoms with Gasteiger partial charge in [-0.15, -0.1) is 0 Å². The summed E-state index contributed by atoms with van der Waals surface area (Å²) in [5.74, 6) is 0. The van der Waals surface area contributed by atoms with Crippen LogP contribution in [0, 0.1) is 18.3 Å². The second kappa shape index (κ2) is 6.05. The number of aryl methyl sites for hydroxylation is 1. The van der Waals surface area contributed by atoms with Gasteiger partial charge in [0.15, 0.2) is 0 Å². The van der Waals surface area contributed by atoms with Crippen LogP contribution in [0.5, 0.6) is 0 Å². The van der Waals surface area contributed by atoms with Crippen molar-refractivity contribution in [2.75, 3.05) is 31.1 Å². The highest BCUT2D eigenvalue weighted by Crippen LogP contribution is 2.28. The minimum absolute atomic E-state index is 0.390. The van der Waals surface area contributed by atoms with Gasteiger partial charge in [0.05, 0.1) is 11.3 Å². The van der Waals surface area contributed by atoms with Gasteiger partial charge in [-0.25, -0.2) is 0 Å². The zero-order valence-electron chi connectivity index (χ0n) is 12.8. The van der Waals surface area contributed by atoms with Crippen LogP contribution in [0.15, 0.2) is 18.2 Å². The highest BCUT2D eigenvalue weighted by Gasteiger charge is 2.30. The lowest BCUT2D eigenvalue weighted by molar-refractivity contribution is 0.163. The number of anilines is 1. The van der Waals surface area contributed by atoms with Crippen molar-refractivity contribution in [3.05, 3.63) is 29.3 Å². The molecule has 112 valence electrons. The fourth-order valence-corrected chi connectivity index (χ4v) is 3.54. The molecular formula is C17H24N4. The summed E-state index contributed by atoms with van der Waals surface area (Å²) in [5, 5.41) is 9.31. The van der Waals surface area contributed by atoms with Gasteiger partial charge in [0.1, 0.15) is 6.07 Å². The summed E-state index contributed by atoms with van der Waals surface area (Å²) in [4.78, 5) is 4.97. The first-order valence-corrected chi connectivity index (χ1v) is 7.92. The molecule has 1 aromatic rings. The Bertz CT molecular complexity index is 540. The van der Waals surface area contributed by atoms with Gasteiger partial charge in [-0.05, 0) is 57.0 Å². The molecule has 0 bridgehead atoms. The molecule has 4 nitrogen and oxygen atoms in total. The van der Waals surface area contributed by atoms with Crippen LogP contribution in [-0.4, -0.2) is 43.2 Å². The zero-order chi connectivity index (χ0) is 14.8. The third-order valence-corrected chi connectivity index (χ3v) is 4.87. The Hall–Kier alpha value is -1.57. The van der Waals surface area contributed by atoms with E-state index in [1.165, 1.54) is 12.0 Å². The van der Waals surface area contributed by atoms with E-state index in [0.29, 0.717) is 12.1 Å². The van der Waals surface area contributed by atoms with Crippen molar-refractivity contribution in [3.63, 3.8) is 0 Å². The quantitative estimate of drug-likeness (QED) is 0.901. The van der Waals surface area contributed by atoms with E-state index in [4.69, 9.17) is 5.73 Å². The summed E-state index contributed by atoms with van der Waals surface area (Å²) < 4.78 is 0. The van der Waals surface area contributed by atoms with E-state index in [0.717, 1.165) is 50.3 Å². The minimum atomic E-state index is 0.390. The Kier molecular flexibility index (Phi) is 4.14. The van der Waals surface area contributed by atoms with Crippen molar-refractivity contribution in [2.45, 2.75) is 38.3 Å². The summed E-state index contributed by atoms with van der Waals surface area (Å²) in [6.45, 7) is 6.42. The SMILES string of the molecule is Cc1ccc(C#N)c(N2CCC(N3CCC(N)CC3)C2)c1. The van der Waals surface area contributed by atoms with E-state index < -0.39 is 0 Å². The van der Waals surface area contributed by atoms with E-state index in [1.54, 1.807) is 0 Å². The Morgan fingerprint density at radius 3 is 2.67 bits per heavy atom. The van der Waals surface area contributed by atoms with Crippen LogP contribution in [-0.2, 0) is 0 Å². The molecular weight excluding hydrogens is 260 g/mol. The number of hydrogen-bond acceptors (Lipinski definition) is 4. The molecule has 2 N–H and O–H groups in total. The average molecular weight is 284 g/mol. The van der Waals surface area contributed by atoms with Gasteiger partial charge in [-0.2, -0.15) is 5.26 Å². The molecule has 0 saturated carbocycles. The summed E-state index contributed by atoms with van der Waals surface area (Å²) in [6.07, 6.45) is 3.42. The van der Waals surface area contributed by atoms with Crippen molar-refractivity contribution in [1.29, 1.82) is 5.26 Å². The van der Waals surface area contributed by atoms with Crippen molar-refractivity contribution >= 4 is 5.69 Å². The lowest BCUT2D eigenvalue weighted by atomic mass is 10.0. The van der Waals surface area contributed by atoms with Crippen LogP contribution in [0.3, 0.4) is 0 Å². The molecule has 2 aliphatic heterocycles. The Labute approximate surface area is 127 Å². The monoisotopic (exact) mass is 284 g/mol. The van der Waals surface area contributed by atoms with Crippen LogP contribution < -0.4 is 10.6 Å². The lowest BCUT2D eigenvalue weighted by Crippen LogP contribution is -2.46. The maximum Gasteiger partial charge on any atom is 0.101 e. The second-order valence-corrected chi connectivity index (χ2v) is 6.39. The first kappa shape index (κ1) is 14.4. The van der Waals surface area contributed by atoms with Crippen molar-refractivity contribution < 1.29 is 0 Å². The summed E-state index contributed by atoms with van der Waals surface area (Å²) in [7, 11) is 0. The lowest BCUT2D eigenvalue weighted by Gasteiger charge is -2.34. The summed E-state index contributed by atoms with van der Waals surface area (Å²) >= 11 is 0. The topological polar surface area (TPSA) is 56.3 Å². The van der Waals surface area contributed by atoms with E-state index in [2.05, 4.69) is 28.9 Å². The van der Waals surface area contributed by atoms with E-state index >= 15 is 0 Å². The number of benzene rings is 1. The van der Waals surface area contributed by atoms with Crippen molar-refractivity contribution in [1.82, 2.24) is 4.90 Å². The molecule has 0 aliphatic carbocycles. The number of piperidine rings is 1. The number of nitrogens with two attached hydrogens (primary N) is 1. The first-order valence-electron chi connectivity index (χ1n) is 7.92. The molecule has 4 heteroatoms. The maximum atomic E-state index is 9.31. The average Bonchev–Trinajstić information content (AvgIpc) is 2.97. The van der Waals surface area contributed by atoms with Gasteiger partial charge in [0.2, 0.25) is 0 Å². The molecule has 1 aromatic carbocycles. The largest absolute Gasteiger partial charge is 0.369 e. The van der Waals surface area contributed by atoms with Crippen molar-refractivity contribution in [2.24, 2.45) is 5.73 Å². The number of hydrogen-bond donors (Lipinski definition) is 1. The number of likely N-dealkylation sites (tertiary alicyclic amines) is 1. The van der Waals surface area contributed by atoms with Gasteiger partial charge in [-0.3, -0.25) is 4.90 Å². The molecule has 2 heterocycles. The van der Waals surface area contributed by atoms with Crippen LogP contribution in [0.2, 0.25) is 0 Å². The van der Waals surface area contributed by atoms with E-state index in [-0.39, 0.29) is 0 Å². The molecule has 21 heavy (non-hydrogen) atoms. The molecule has 0 aromatic heterocycles. The zero-order valence-corrected chi connectivity index (χ0v) is 12.8. The molecule has 1 unspecified atom stereocenters. The normalized spacial score (nSPS) is 24.2. The fraction of sp³-hybridized carbons (Fsp3) is 0.588. The maximum absolute atomic E-state index is 9.31. The fourth-order valence-electron chi connectivity index (χ4n) is 3.54. The Morgan fingerprint density at radius 2 is 1.95 bits per heavy atom. The molecule has 3 rings (SSSR count). The van der Waals surface area contributed by atoms with Gasteiger partial charge in [0, 0.05) is 25.2 Å². The van der Waals surface area contributed by atoms with Crippen LogP contribution >= 0.6 is 0 Å². The highest BCUT2D eigenvalue weighted by atomic mass is 15.3. The van der Waals surface area contributed by atoms with Gasteiger partial charge < -0.3 is 10.6 Å². The third kappa shape index (κ3) is 3.04. The van der Waals surface area contributed by atoms with Crippen molar-refractivity contribution in [3.8, 4) is 6.07 Å².